The maximum Gasteiger partial charge on any atom is 0.225 e. The van der Waals surface area contributed by atoms with Crippen molar-refractivity contribution in [1.29, 1.82) is 0 Å². The summed E-state index contributed by atoms with van der Waals surface area (Å²) in [5.41, 5.74) is 5.56. The smallest absolute Gasteiger partial charge is 0.225 e. The Bertz CT molecular complexity index is 253. The van der Waals surface area contributed by atoms with Gasteiger partial charge in [-0.3, -0.25) is 9.59 Å². The number of nitrogens with zero attached hydrogens (tertiary/aromatic N) is 1. The molecule has 2 unspecified atom stereocenters. The van der Waals surface area contributed by atoms with Crippen molar-refractivity contribution in [3.8, 4) is 0 Å². The van der Waals surface area contributed by atoms with Gasteiger partial charge in [0, 0.05) is 32.6 Å². The molecular weight excluding hydrogens is 194 g/mol. The van der Waals surface area contributed by atoms with Crippen LogP contribution in [0.4, 0.5) is 0 Å². The molecule has 86 valence electrons. The van der Waals surface area contributed by atoms with Crippen LogP contribution in [0.25, 0.3) is 0 Å². The number of rotatable bonds is 4. The van der Waals surface area contributed by atoms with Crippen LogP contribution in [-0.4, -0.2) is 42.9 Å². The zero-order valence-corrected chi connectivity index (χ0v) is 9.32. The molecule has 1 aliphatic heterocycles. The summed E-state index contributed by atoms with van der Waals surface area (Å²) in [7, 11) is 1.72. The van der Waals surface area contributed by atoms with Gasteiger partial charge in [-0.25, -0.2) is 0 Å². The first kappa shape index (κ1) is 12.0. The summed E-state index contributed by atoms with van der Waals surface area (Å²) in [5, 5.41) is 2.80. The minimum atomic E-state index is -0.185. The molecule has 2 amide bonds. The lowest BCUT2D eigenvalue weighted by atomic mass is 10.1. The molecule has 1 saturated heterocycles. The van der Waals surface area contributed by atoms with Crippen molar-refractivity contribution in [3.05, 3.63) is 0 Å². The Labute approximate surface area is 90.0 Å². The van der Waals surface area contributed by atoms with Gasteiger partial charge in [0.05, 0.1) is 5.92 Å². The maximum absolute atomic E-state index is 11.6. The van der Waals surface area contributed by atoms with Crippen LogP contribution in [0, 0.1) is 5.92 Å². The summed E-state index contributed by atoms with van der Waals surface area (Å²) in [6, 6.07) is 0.0955. The molecule has 0 radical (unpaired) electrons. The molecule has 3 N–H and O–H groups in total. The molecule has 0 aromatic heterocycles. The Hall–Kier alpha value is -1.10. The number of nitrogens with one attached hydrogen (secondary N) is 1. The van der Waals surface area contributed by atoms with Gasteiger partial charge in [0.2, 0.25) is 11.8 Å². The van der Waals surface area contributed by atoms with E-state index in [9.17, 15) is 9.59 Å². The van der Waals surface area contributed by atoms with E-state index in [0.717, 1.165) is 6.42 Å². The highest BCUT2D eigenvalue weighted by atomic mass is 16.2. The molecule has 1 aliphatic rings. The van der Waals surface area contributed by atoms with Gasteiger partial charge in [-0.2, -0.15) is 0 Å². The summed E-state index contributed by atoms with van der Waals surface area (Å²) in [6.07, 6.45) is 1.10. The average Bonchev–Trinajstić information content (AvgIpc) is 2.46. The predicted molar refractivity (Wildman–Crippen MR) is 57.0 cm³/mol. The Morgan fingerprint density at radius 2 is 2.40 bits per heavy atom. The largest absolute Gasteiger partial charge is 0.356 e. The number of hydrogen-bond acceptors (Lipinski definition) is 3. The monoisotopic (exact) mass is 213 g/mol. The molecule has 2 atom stereocenters. The Kier molecular flexibility index (Phi) is 4.08. The number of likely N-dealkylation sites (tertiary alicyclic amines) is 1. The standard InChI is InChI=1S/C10H19N3O2/c1-7(11)3-4-12-10(15)8-5-9(14)13(2)6-8/h7-8H,3-6,11H2,1-2H3,(H,12,15). The third-order valence-electron chi connectivity index (χ3n) is 2.61. The van der Waals surface area contributed by atoms with E-state index in [0.29, 0.717) is 19.5 Å². The Balaban J connectivity index is 2.26. The highest BCUT2D eigenvalue weighted by Crippen LogP contribution is 2.15. The molecule has 0 saturated carbocycles. The van der Waals surface area contributed by atoms with Crippen molar-refractivity contribution >= 4 is 11.8 Å². The van der Waals surface area contributed by atoms with Gasteiger partial charge in [-0.1, -0.05) is 0 Å². The van der Waals surface area contributed by atoms with Crippen LogP contribution >= 0.6 is 0 Å². The lowest BCUT2D eigenvalue weighted by Gasteiger charge is -2.11. The molecule has 0 aromatic rings. The molecule has 0 aromatic carbocycles. The minimum Gasteiger partial charge on any atom is -0.356 e. The van der Waals surface area contributed by atoms with Gasteiger partial charge in [0.1, 0.15) is 0 Å². The van der Waals surface area contributed by atoms with Crippen molar-refractivity contribution in [3.63, 3.8) is 0 Å². The third kappa shape index (κ3) is 3.51. The number of amides is 2. The number of carbonyl (C=O) groups is 2. The van der Waals surface area contributed by atoms with Gasteiger partial charge >= 0.3 is 0 Å². The van der Waals surface area contributed by atoms with Crippen molar-refractivity contribution < 1.29 is 9.59 Å². The van der Waals surface area contributed by atoms with E-state index in [1.165, 1.54) is 0 Å². The van der Waals surface area contributed by atoms with E-state index in [1.54, 1.807) is 11.9 Å². The molecule has 5 heteroatoms. The normalized spacial score (nSPS) is 23.0. The first-order chi connectivity index (χ1) is 7.00. The second-order valence-corrected chi connectivity index (χ2v) is 4.23. The first-order valence-electron chi connectivity index (χ1n) is 5.28. The topological polar surface area (TPSA) is 75.4 Å². The molecule has 1 rings (SSSR count). The molecule has 5 nitrogen and oxygen atoms in total. The fourth-order valence-corrected chi connectivity index (χ4v) is 1.61. The molecule has 1 heterocycles. The molecule has 0 aliphatic carbocycles. The van der Waals surface area contributed by atoms with Crippen molar-refractivity contribution in [2.45, 2.75) is 25.8 Å². The van der Waals surface area contributed by atoms with E-state index >= 15 is 0 Å². The van der Waals surface area contributed by atoms with E-state index in [-0.39, 0.29) is 23.8 Å². The fraction of sp³-hybridized carbons (Fsp3) is 0.800. The van der Waals surface area contributed by atoms with E-state index < -0.39 is 0 Å². The van der Waals surface area contributed by atoms with Crippen LogP contribution in [0.2, 0.25) is 0 Å². The Morgan fingerprint density at radius 1 is 1.73 bits per heavy atom. The molecule has 15 heavy (non-hydrogen) atoms. The molecule has 0 bridgehead atoms. The van der Waals surface area contributed by atoms with Crippen molar-refractivity contribution in [2.24, 2.45) is 11.7 Å². The summed E-state index contributed by atoms with van der Waals surface area (Å²) >= 11 is 0. The summed E-state index contributed by atoms with van der Waals surface area (Å²) in [5.74, 6) is -0.175. The van der Waals surface area contributed by atoms with E-state index in [1.807, 2.05) is 6.92 Å². The molecule has 1 fully saturated rings. The van der Waals surface area contributed by atoms with Crippen LogP contribution in [0.5, 0.6) is 0 Å². The van der Waals surface area contributed by atoms with Crippen LogP contribution in [-0.2, 0) is 9.59 Å². The summed E-state index contributed by atoms with van der Waals surface area (Å²) < 4.78 is 0. The minimum absolute atomic E-state index is 0.0339. The molecule has 0 spiro atoms. The van der Waals surface area contributed by atoms with Gasteiger partial charge in [-0.05, 0) is 13.3 Å². The highest BCUT2D eigenvalue weighted by molar-refractivity contribution is 5.89. The van der Waals surface area contributed by atoms with Crippen LogP contribution in [0.3, 0.4) is 0 Å². The van der Waals surface area contributed by atoms with Gasteiger partial charge < -0.3 is 16.0 Å². The lowest BCUT2D eigenvalue weighted by Crippen LogP contribution is -2.34. The first-order valence-corrected chi connectivity index (χ1v) is 5.28. The predicted octanol–water partition coefficient (Wildman–Crippen LogP) is -0.682. The fourth-order valence-electron chi connectivity index (χ4n) is 1.61. The number of carbonyl (C=O) groups excluding carboxylic acids is 2. The lowest BCUT2D eigenvalue weighted by molar-refractivity contribution is -0.128. The zero-order chi connectivity index (χ0) is 11.4. The Morgan fingerprint density at radius 3 is 2.87 bits per heavy atom. The average molecular weight is 213 g/mol. The molecular formula is C10H19N3O2. The van der Waals surface area contributed by atoms with E-state index in [2.05, 4.69) is 5.32 Å². The van der Waals surface area contributed by atoms with Gasteiger partial charge in [0.15, 0.2) is 0 Å². The van der Waals surface area contributed by atoms with Gasteiger partial charge in [-0.15, -0.1) is 0 Å². The summed E-state index contributed by atoms with van der Waals surface area (Å²) in [6.45, 7) is 3.02. The quantitative estimate of drug-likeness (QED) is 0.649. The SMILES string of the molecule is CC(N)CCNC(=O)C1CC(=O)N(C)C1. The number of nitrogens with two attached hydrogens (primary N) is 1. The van der Waals surface area contributed by atoms with Crippen LogP contribution in [0.15, 0.2) is 0 Å². The summed E-state index contributed by atoms with van der Waals surface area (Å²) in [4.78, 5) is 24.4. The van der Waals surface area contributed by atoms with Crippen LogP contribution in [0.1, 0.15) is 19.8 Å². The van der Waals surface area contributed by atoms with Crippen molar-refractivity contribution in [1.82, 2.24) is 10.2 Å². The third-order valence-corrected chi connectivity index (χ3v) is 2.61. The number of hydrogen-bond donors (Lipinski definition) is 2. The van der Waals surface area contributed by atoms with E-state index in [4.69, 9.17) is 5.73 Å². The zero-order valence-electron chi connectivity index (χ0n) is 9.32. The second-order valence-electron chi connectivity index (χ2n) is 4.23. The van der Waals surface area contributed by atoms with Crippen molar-refractivity contribution in [2.75, 3.05) is 20.1 Å². The van der Waals surface area contributed by atoms with Crippen LogP contribution < -0.4 is 11.1 Å². The maximum atomic E-state index is 11.6. The highest BCUT2D eigenvalue weighted by Gasteiger charge is 2.31. The van der Waals surface area contributed by atoms with Gasteiger partial charge in [0.25, 0.3) is 0 Å². The second kappa shape index (κ2) is 5.11.